The van der Waals surface area contributed by atoms with E-state index in [9.17, 15) is 12.8 Å². The highest BCUT2D eigenvalue weighted by molar-refractivity contribution is 7.93. The highest BCUT2D eigenvalue weighted by Gasteiger charge is 2.28. The van der Waals surface area contributed by atoms with Crippen LogP contribution < -0.4 is 4.31 Å². The zero-order chi connectivity index (χ0) is 11.1. The molecule has 0 saturated carbocycles. The highest BCUT2D eigenvalue weighted by atomic mass is 35.5. The standard InChI is InChI=1S/C9H9ClFNO2S/c10-8-6-7(2-3-9(8)11)12-4-1-5-15(12,13)14/h2-3,6H,1,4-5H2. The molecule has 2 rings (SSSR count). The van der Waals surface area contributed by atoms with Gasteiger partial charge in [0.15, 0.2) is 0 Å². The molecule has 0 radical (unpaired) electrons. The van der Waals surface area contributed by atoms with Gasteiger partial charge in [0.1, 0.15) is 5.82 Å². The van der Waals surface area contributed by atoms with Crippen molar-refractivity contribution in [1.82, 2.24) is 0 Å². The van der Waals surface area contributed by atoms with Crippen LogP contribution in [-0.4, -0.2) is 20.7 Å². The molecule has 82 valence electrons. The third kappa shape index (κ3) is 1.94. The maximum Gasteiger partial charge on any atom is 0.235 e. The van der Waals surface area contributed by atoms with Gasteiger partial charge in [0.2, 0.25) is 10.0 Å². The quantitative estimate of drug-likeness (QED) is 0.764. The maximum absolute atomic E-state index is 12.9. The van der Waals surface area contributed by atoms with Gasteiger partial charge in [-0.15, -0.1) is 0 Å². The van der Waals surface area contributed by atoms with Gasteiger partial charge in [0, 0.05) is 6.54 Å². The lowest BCUT2D eigenvalue weighted by Crippen LogP contribution is -2.24. The third-order valence-electron chi connectivity index (χ3n) is 2.29. The van der Waals surface area contributed by atoms with Crippen LogP contribution in [0.3, 0.4) is 0 Å². The van der Waals surface area contributed by atoms with E-state index < -0.39 is 15.8 Å². The Hall–Kier alpha value is -0.810. The molecule has 1 aromatic carbocycles. The molecule has 0 unspecified atom stereocenters. The molecule has 0 aromatic heterocycles. The van der Waals surface area contributed by atoms with Gasteiger partial charge in [-0.05, 0) is 24.6 Å². The molecule has 1 aliphatic heterocycles. The lowest BCUT2D eigenvalue weighted by molar-refractivity contribution is 0.599. The maximum atomic E-state index is 12.9. The van der Waals surface area contributed by atoms with Crippen molar-refractivity contribution in [3.8, 4) is 0 Å². The van der Waals surface area contributed by atoms with Gasteiger partial charge in [-0.1, -0.05) is 11.6 Å². The number of rotatable bonds is 1. The molecule has 0 bridgehead atoms. The topological polar surface area (TPSA) is 37.4 Å². The second-order valence-corrected chi connectivity index (χ2v) is 5.76. The minimum atomic E-state index is -3.22. The molecule has 1 saturated heterocycles. The summed E-state index contributed by atoms with van der Waals surface area (Å²) < 4.78 is 37.2. The summed E-state index contributed by atoms with van der Waals surface area (Å²) in [6, 6.07) is 3.93. The summed E-state index contributed by atoms with van der Waals surface area (Å²) in [7, 11) is -3.22. The van der Waals surface area contributed by atoms with Crippen molar-refractivity contribution in [3.05, 3.63) is 29.0 Å². The first-order chi connectivity index (χ1) is 7.00. The minimum Gasteiger partial charge on any atom is -0.270 e. The van der Waals surface area contributed by atoms with Gasteiger partial charge >= 0.3 is 0 Å². The van der Waals surface area contributed by atoms with Crippen molar-refractivity contribution in [3.63, 3.8) is 0 Å². The number of hydrogen-bond acceptors (Lipinski definition) is 2. The van der Waals surface area contributed by atoms with Gasteiger partial charge < -0.3 is 0 Å². The molecule has 1 aliphatic rings. The van der Waals surface area contributed by atoms with E-state index in [1.54, 1.807) is 0 Å². The third-order valence-corrected chi connectivity index (χ3v) is 4.45. The Kier molecular flexibility index (Phi) is 2.60. The van der Waals surface area contributed by atoms with E-state index in [0.717, 1.165) is 0 Å². The summed E-state index contributed by atoms with van der Waals surface area (Å²) in [5, 5.41) is -0.0606. The van der Waals surface area contributed by atoms with Crippen molar-refractivity contribution in [2.45, 2.75) is 6.42 Å². The van der Waals surface area contributed by atoms with Gasteiger partial charge in [0.25, 0.3) is 0 Å². The summed E-state index contributed by atoms with van der Waals surface area (Å²) in [6.07, 6.45) is 0.595. The molecule has 1 heterocycles. The number of anilines is 1. The molecular formula is C9H9ClFNO2S. The predicted molar refractivity (Wildman–Crippen MR) is 57.2 cm³/mol. The lowest BCUT2D eigenvalue weighted by atomic mass is 10.3. The molecule has 0 N–H and O–H groups in total. The first kappa shape index (κ1) is 10.7. The molecule has 0 spiro atoms. The Morgan fingerprint density at radius 1 is 1.40 bits per heavy atom. The molecule has 6 heteroatoms. The summed E-state index contributed by atoms with van der Waals surface area (Å²) in [6.45, 7) is 0.435. The van der Waals surface area contributed by atoms with Crippen LogP contribution >= 0.6 is 11.6 Å². The zero-order valence-corrected chi connectivity index (χ0v) is 9.35. The predicted octanol–water partition coefficient (Wildman–Crippen LogP) is 2.02. The van der Waals surface area contributed by atoms with Crippen LogP contribution in [0.1, 0.15) is 6.42 Å². The fourth-order valence-corrected chi connectivity index (χ4v) is 3.30. The van der Waals surface area contributed by atoms with Crippen molar-refractivity contribution >= 4 is 27.3 Å². The highest BCUT2D eigenvalue weighted by Crippen LogP contribution is 2.27. The van der Waals surface area contributed by atoms with Gasteiger partial charge in [0.05, 0.1) is 16.5 Å². The zero-order valence-electron chi connectivity index (χ0n) is 7.78. The van der Waals surface area contributed by atoms with Crippen LogP contribution in [0, 0.1) is 5.82 Å². The number of hydrogen-bond donors (Lipinski definition) is 0. The SMILES string of the molecule is O=S1(=O)CCCN1c1ccc(F)c(Cl)c1. The average molecular weight is 250 g/mol. The van der Waals surface area contributed by atoms with Crippen molar-refractivity contribution in [2.75, 3.05) is 16.6 Å². The van der Waals surface area contributed by atoms with E-state index in [1.165, 1.54) is 22.5 Å². The van der Waals surface area contributed by atoms with E-state index in [-0.39, 0.29) is 10.8 Å². The fourth-order valence-electron chi connectivity index (χ4n) is 1.57. The Balaban J connectivity index is 2.42. The van der Waals surface area contributed by atoms with E-state index in [1.807, 2.05) is 0 Å². The number of sulfonamides is 1. The average Bonchev–Trinajstić information content (AvgIpc) is 2.50. The minimum absolute atomic E-state index is 0.0606. The second-order valence-electron chi connectivity index (χ2n) is 3.34. The van der Waals surface area contributed by atoms with Crippen LogP contribution in [0.15, 0.2) is 18.2 Å². The molecule has 0 atom stereocenters. The number of nitrogens with zero attached hydrogens (tertiary/aromatic N) is 1. The Bertz CT molecular complexity index is 489. The van der Waals surface area contributed by atoms with Crippen LogP contribution in [0.2, 0.25) is 5.02 Å². The van der Waals surface area contributed by atoms with Crippen LogP contribution in [0.4, 0.5) is 10.1 Å². The Morgan fingerprint density at radius 2 is 2.13 bits per heavy atom. The Labute approximate surface area is 92.5 Å². The first-order valence-corrected chi connectivity index (χ1v) is 6.45. The van der Waals surface area contributed by atoms with Crippen molar-refractivity contribution in [1.29, 1.82) is 0 Å². The molecule has 3 nitrogen and oxygen atoms in total. The van der Waals surface area contributed by atoms with Gasteiger partial charge in [-0.2, -0.15) is 0 Å². The smallest absolute Gasteiger partial charge is 0.235 e. The number of benzene rings is 1. The Morgan fingerprint density at radius 3 is 2.67 bits per heavy atom. The van der Waals surface area contributed by atoms with Crippen LogP contribution in [0.5, 0.6) is 0 Å². The molecule has 1 fully saturated rings. The largest absolute Gasteiger partial charge is 0.270 e. The summed E-state index contributed by atoms with van der Waals surface area (Å²) >= 11 is 5.59. The van der Waals surface area contributed by atoms with Gasteiger partial charge in [-0.25, -0.2) is 12.8 Å². The molecule has 0 amide bonds. The summed E-state index contributed by atoms with van der Waals surface area (Å²) in [5.74, 6) is -0.404. The summed E-state index contributed by atoms with van der Waals surface area (Å²) in [5.41, 5.74) is 0.430. The van der Waals surface area contributed by atoms with Gasteiger partial charge in [-0.3, -0.25) is 4.31 Å². The van der Waals surface area contributed by atoms with E-state index in [4.69, 9.17) is 11.6 Å². The van der Waals surface area contributed by atoms with Crippen LogP contribution in [-0.2, 0) is 10.0 Å². The van der Waals surface area contributed by atoms with Crippen LogP contribution in [0.25, 0.3) is 0 Å². The normalized spacial score (nSPS) is 19.5. The van der Waals surface area contributed by atoms with E-state index in [2.05, 4.69) is 0 Å². The lowest BCUT2D eigenvalue weighted by Gasteiger charge is -2.16. The molecule has 0 aliphatic carbocycles. The summed E-state index contributed by atoms with van der Waals surface area (Å²) in [4.78, 5) is 0. The van der Waals surface area contributed by atoms with Crippen molar-refractivity contribution < 1.29 is 12.8 Å². The molecular weight excluding hydrogens is 241 g/mol. The monoisotopic (exact) mass is 249 g/mol. The first-order valence-electron chi connectivity index (χ1n) is 4.46. The van der Waals surface area contributed by atoms with E-state index in [0.29, 0.717) is 18.7 Å². The fraction of sp³-hybridized carbons (Fsp3) is 0.333. The van der Waals surface area contributed by atoms with Crippen molar-refractivity contribution in [2.24, 2.45) is 0 Å². The molecule has 15 heavy (non-hydrogen) atoms. The molecule has 1 aromatic rings. The van der Waals surface area contributed by atoms with E-state index >= 15 is 0 Å². The second kappa shape index (κ2) is 3.64. The number of halogens is 2.